The van der Waals surface area contributed by atoms with Crippen LogP contribution in [0.15, 0.2) is 33.3 Å². The van der Waals surface area contributed by atoms with Crippen molar-refractivity contribution in [3.8, 4) is 11.3 Å². The lowest BCUT2D eigenvalue weighted by Gasteiger charge is -1.98. The summed E-state index contributed by atoms with van der Waals surface area (Å²) in [7, 11) is 1.81. The van der Waals surface area contributed by atoms with Crippen molar-refractivity contribution in [2.24, 2.45) is 0 Å². The summed E-state index contributed by atoms with van der Waals surface area (Å²) in [5.74, 6) is 0.833. The SMILES string of the molecule is CNCc1ncc(-c2cc(F)cc(Br)c2)o1. The number of hydrogen-bond donors (Lipinski definition) is 1. The molecule has 0 spiro atoms. The Morgan fingerprint density at radius 1 is 1.44 bits per heavy atom. The predicted octanol–water partition coefficient (Wildman–Crippen LogP) is 2.96. The van der Waals surface area contributed by atoms with Gasteiger partial charge in [-0.2, -0.15) is 0 Å². The van der Waals surface area contributed by atoms with E-state index in [4.69, 9.17) is 4.42 Å². The fourth-order valence-corrected chi connectivity index (χ4v) is 1.84. The van der Waals surface area contributed by atoms with Crippen molar-refractivity contribution in [2.45, 2.75) is 6.54 Å². The molecular formula is C11H10BrFN2O. The summed E-state index contributed by atoms with van der Waals surface area (Å²) >= 11 is 3.23. The highest BCUT2D eigenvalue weighted by molar-refractivity contribution is 9.10. The quantitative estimate of drug-likeness (QED) is 0.942. The molecule has 0 fully saturated rings. The summed E-state index contributed by atoms with van der Waals surface area (Å²) in [6.07, 6.45) is 1.59. The Hall–Kier alpha value is -1.20. The van der Waals surface area contributed by atoms with Crippen LogP contribution in [0.4, 0.5) is 4.39 Å². The van der Waals surface area contributed by atoms with Gasteiger partial charge in [-0.25, -0.2) is 9.37 Å². The number of hydrogen-bond acceptors (Lipinski definition) is 3. The third-order valence-electron chi connectivity index (χ3n) is 2.03. The van der Waals surface area contributed by atoms with Gasteiger partial charge < -0.3 is 9.73 Å². The lowest BCUT2D eigenvalue weighted by Crippen LogP contribution is -2.04. The van der Waals surface area contributed by atoms with Crippen LogP contribution in [0.1, 0.15) is 5.89 Å². The Labute approximate surface area is 101 Å². The maximum Gasteiger partial charge on any atom is 0.208 e. The van der Waals surface area contributed by atoms with E-state index < -0.39 is 0 Å². The van der Waals surface area contributed by atoms with Crippen LogP contribution in [0.5, 0.6) is 0 Å². The molecule has 16 heavy (non-hydrogen) atoms. The molecule has 2 rings (SSSR count). The number of oxazole rings is 1. The average Bonchev–Trinajstić information content (AvgIpc) is 2.65. The first-order valence-corrected chi connectivity index (χ1v) is 5.54. The van der Waals surface area contributed by atoms with E-state index >= 15 is 0 Å². The van der Waals surface area contributed by atoms with Crippen molar-refractivity contribution < 1.29 is 8.81 Å². The molecule has 0 saturated carbocycles. The Morgan fingerprint density at radius 3 is 2.94 bits per heavy atom. The van der Waals surface area contributed by atoms with Gasteiger partial charge in [0, 0.05) is 10.0 Å². The van der Waals surface area contributed by atoms with Gasteiger partial charge in [-0.15, -0.1) is 0 Å². The number of rotatable bonds is 3. The number of nitrogens with one attached hydrogen (secondary N) is 1. The Balaban J connectivity index is 2.34. The number of nitrogens with zero attached hydrogens (tertiary/aromatic N) is 1. The number of benzene rings is 1. The van der Waals surface area contributed by atoms with Crippen LogP contribution >= 0.6 is 15.9 Å². The summed E-state index contributed by atoms with van der Waals surface area (Å²) in [4.78, 5) is 4.07. The van der Waals surface area contributed by atoms with Crippen LogP contribution in [0.3, 0.4) is 0 Å². The molecule has 0 bridgehead atoms. The molecule has 0 saturated heterocycles. The van der Waals surface area contributed by atoms with Crippen LogP contribution in [-0.4, -0.2) is 12.0 Å². The van der Waals surface area contributed by atoms with Gasteiger partial charge in [0.1, 0.15) is 5.82 Å². The minimum Gasteiger partial charge on any atom is -0.439 e. The summed E-state index contributed by atoms with van der Waals surface area (Å²) in [5.41, 5.74) is 0.668. The summed E-state index contributed by atoms with van der Waals surface area (Å²) in [6, 6.07) is 4.59. The molecule has 1 N–H and O–H groups in total. The highest BCUT2D eigenvalue weighted by Crippen LogP contribution is 2.25. The van der Waals surface area contributed by atoms with Crippen molar-refractivity contribution in [1.29, 1.82) is 0 Å². The molecule has 0 amide bonds. The topological polar surface area (TPSA) is 38.1 Å². The van der Waals surface area contributed by atoms with Gasteiger partial charge >= 0.3 is 0 Å². The van der Waals surface area contributed by atoms with Crippen molar-refractivity contribution >= 4 is 15.9 Å². The van der Waals surface area contributed by atoms with Crippen molar-refractivity contribution in [3.05, 3.63) is 40.6 Å². The third kappa shape index (κ3) is 2.48. The van der Waals surface area contributed by atoms with E-state index in [0.29, 0.717) is 28.2 Å². The molecule has 1 aromatic heterocycles. The van der Waals surface area contributed by atoms with E-state index in [1.165, 1.54) is 12.1 Å². The van der Waals surface area contributed by atoms with Gasteiger partial charge in [0.15, 0.2) is 5.76 Å². The summed E-state index contributed by atoms with van der Waals surface area (Å²) in [5, 5.41) is 2.93. The molecule has 0 radical (unpaired) electrons. The van der Waals surface area contributed by atoms with E-state index in [9.17, 15) is 4.39 Å². The highest BCUT2D eigenvalue weighted by Gasteiger charge is 2.07. The van der Waals surface area contributed by atoms with Crippen LogP contribution in [0, 0.1) is 5.82 Å². The zero-order valence-corrected chi connectivity index (χ0v) is 10.2. The molecule has 1 heterocycles. The molecule has 3 nitrogen and oxygen atoms in total. The standard InChI is InChI=1S/C11H10BrFN2O/c1-14-6-11-15-5-10(16-11)7-2-8(12)4-9(13)3-7/h2-5,14H,6H2,1H3. The summed E-state index contributed by atoms with van der Waals surface area (Å²) < 4.78 is 19.3. The van der Waals surface area contributed by atoms with Crippen LogP contribution < -0.4 is 5.32 Å². The Kier molecular flexibility index (Phi) is 3.36. The second-order valence-electron chi connectivity index (χ2n) is 3.31. The van der Waals surface area contributed by atoms with Gasteiger partial charge in [-0.1, -0.05) is 15.9 Å². The van der Waals surface area contributed by atoms with Crippen LogP contribution in [0.2, 0.25) is 0 Å². The monoisotopic (exact) mass is 284 g/mol. The Bertz CT molecular complexity index is 478. The number of halogens is 2. The number of aromatic nitrogens is 1. The Morgan fingerprint density at radius 2 is 2.25 bits per heavy atom. The lowest BCUT2D eigenvalue weighted by molar-refractivity contribution is 0.490. The minimum absolute atomic E-state index is 0.309. The fourth-order valence-electron chi connectivity index (χ4n) is 1.37. The van der Waals surface area contributed by atoms with Gasteiger partial charge in [0.25, 0.3) is 0 Å². The van der Waals surface area contributed by atoms with Gasteiger partial charge in [-0.3, -0.25) is 0 Å². The lowest BCUT2D eigenvalue weighted by atomic mass is 10.2. The largest absolute Gasteiger partial charge is 0.439 e. The fraction of sp³-hybridized carbons (Fsp3) is 0.182. The van der Waals surface area contributed by atoms with E-state index in [2.05, 4.69) is 26.2 Å². The molecule has 2 aromatic rings. The normalized spacial score (nSPS) is 10.7. The minimum atomic E-state index is -0.309. The van der Waals surface area contributed by atoms with E-state index in [0.717, 1.165) is 0 Å². The van der Waals surface area contributed by atoms with Gasteiger partial charge in [-0.05, 0) is 25.2 Å². The molecular weight excluding hydrogens is 275 g/mol. The molecule has 84 valence electrons. The van der Waals surface area contributed by atoms with Crippen LogP contribution in [-0.2, 0) is 6.54 Å². The van der Waals surface area contributed by atoms with E-state index in [1.807, 2.05) is 7.05 Å². The van der Waals surface area contributed by atoms with Gasteiger partial charge in [0.2, 0.25) is 5.89 Å². The van der Waals surface area contributed by atoms with E-state index in [1.54, 1.807) is 12.3 Å². The van der Waals surface area contributed by atoms with Crippen molar-refractivity contribution in [1.82, 2.24) is 10.3 Å². The third-order valence-corrected chi connectivity index (χ3v) is 2.49. The smallest absolute Gasteiger partial charge is 0.208 e. The molecule has 0 atom stereocenters. The zero-order chi connectivity index (χ0) is 11.5. The van der Waals surface area contributed by atoms with Gasteiger partial charge in [0.05, 0.1) is 12.7 Å². The first-order valence-electron chi connectivity index (χ1n) is 4.75. The maximum absolute atomic E-state index is 13.2. The second kappa shape index (κ2) is 4.76. The molecule has 0 aliphatic heterocycles. The summed E-state index contributed by atoms with van der Waals surface area (Å²) in [6.45, 7) is 0.552. The van der Waals surface area contributed by atoms with Crippen molar-refractivity contribution in [3.63, 3.8) is 0 Å². The van der Waals surface area contributed by atoms with E-state index in [-0.39, 0.29) is 5.82 Å². The molecule has 5 heteroatoms. The average molecular weight is 285 g/mol. The molecule has 0 aliphatic carbocycles. The molecule has 0 aliphatic rings. The zero-order valence-electron chi connectivity index (χ0n) is 8.63. The first kappa shape index (κ1) is 11.3. The van der Waals surface area contributed by atoms with Crippen molar-refractivity contribution in [2.75, 3.05) is 7.05 Å². The first-order chi connectivity index (χ1) is 7.69. The highest BCUT2D eigenvalue weighted by atomic mass is 79.9. The molecule has 0 unspecified atom stereocenters. The maximum atomic E-state index is 13.2. The van der Waals surface area contributed by atoms with Crippen LogP contribution in [0.25, 0.3) is 11.3 Å². The predicted molar refractivity (Wildman–Crippen MR) is 62.4 cm³/mol. The molecule has 1 aromatic carbocycles. The second-order valence-corrected chi connectivity index (χ2v) is 4.22.